The lowest BCUT2D eigenvalue weighted by atomic mass is 10.0. The van der Waals surface area contributed by atoms with Gasteiger partial charge in [0.25, 0.3) is 0 Å². The van der Waals surface area contributed by atoms with E-state index in [9.17, 15) is 0 Å². The first-order chi connectivity index (χ1) is 10.1. The van der Waals surface area contributed by atoms with Crippen LogP contribution in [0.5, 0.6) is 0 Å². The minimum absolute atomic E-state index is 0.413. The van der Waals surface area contributed by atoms with Crippen LogP contribution in [0, 0.1) is 0 Å². The van der Waals surface area contributed by atoms with Gasteiger partial charge in [0.05, 0.1) is 0 Å². The maximum atomic E-state index is 4.59. The maximum Gasteiger partial charge on any atom is 0.137 e. The Labute approximate surface area is 128 Å². The van der Waals surface area contributed by atoms with E-state index in [4.69, 9.17) is 0 Å². The highest BCUT2D eigenvalue weighted by Gasteiger charge is 2.29. The smallest absolute Gasteiger partial charge is 0.137 e. The van der Waals surface area contributed by atoms with E-state index in [0.29, 0.717) is 12.0 Å². The fourth-order valence-electron chi connectivity index (χ4n) is 3.34. The van der Waals surface area contributed by atoms with Crippen LogP contribution < -0.4 is 10.2 Å². The first kappa shape index (κ1) is 16.0. The average molecular weight is 291 g/mol. The molecule has 0 amide bonds. The van der Waals surface area contributed by atoms with Gasteiger partial charge in [-0.25, -0.2) is 9.97 Å². The zero-order chi connectivity index (χ0) is 15.4. The van der Waals surface area contributed by atoms with Crippen molar-refractivity contribution in [1.29, 1.82) is 0 Å². The van der Waals surface area contributed by atoms with Crippen molar-refractivity contribution in [3.63, 3.8) is 0 Å². The van der Waals surface area contributed by atoms with Crippen molar-refractivity contribution in [3.05, 3.63) is 11.9 Å². The van der Waals surface area contributed by atoms with Gasteiger partial charge in [-0.3, -0.25) is 4.90 Å². The number of hydrogen-bond donors (Lipinski definition) is 1. The van der Waals surface area contributed by atoms with Crippen molar-refractivity contribution >= 4 is 11.6 Å². The molecule has 1 aliphatic heterocycles. The number of anilines is 2. The molecule has 0 aromatic carbocycles. The summed E-state index contributed by atoms with van der Waals surface area (Å²) in [7, 11) is 1.93. The molecule has 1 aromatic heterocycles. The van der Waals surface area contributed by atoms with Gasteiger partial charge in [-0.15, -0.1) is 0 Å². The standard InChI is InChI=1S/C16H29N5/c1-6-20(7-2)13-8-9-21(10-13)16-14(12(3)4)15(17-5)18-11-19-16/h11-13H,6-10H2,1-5H3,(H,17,18,19). The number of rotatable bonds is 6. The van der Waals surface area contributed by atoms with Crippen molar-refractivity contribution in [3.8, 4) is 0 Å². The van der Waals surface area contributed by atoms with Crippen molar-refractivity contribution in [2.75, 3.05) is 43.4 Å². The van der Waals surface area contributed by atoms with E-state index < -0.39 is 0 Å². The van der Waals surface area contributed by atoms with E-state index in [1.54, 1.807) is 6.33 Å². The predicted octanol–water partition coefficient (Wildman–Crippen LogP) is 2.56. The summed E-state index contributed by atoms with van der Waals surface area (Å²) < 4.78 is 0. The average Bonchev–Trinajstić information content (AvgIpc) is 2.97. The molecule has 1 aromatic rings. The third kappa shape index (κ3) is 3.28. The predicted molar refractivity (Wildman–Crippen MR) is 89.2 cm³/mol. The van der Waals surface area contributed by atoms with Gasteiger partial charge >= 0.3 is 0 Å². The summed E-state index contributed by atoms with van der Waals surface area (Å²) in [5.41, 5.74) is 1.24. The lowest BCUT2D eigenvalue weighted by Gasteiger charge is -2.27. The molecule has 2 heterocycles. The molecule has 2 rings (SSSR count). The highest BCUT2D eigenvalue weighted by Crippen LogP contribution is 2.32. The Morgan fingerprint density at radius 1 is 1.33 bits per heavy atom. The Morgan fingerprint density at radius 2 is 2.05 bits per heavy atom. The number of likely N-dealkylation sites (N-methyl/N-ethyl adjacent to an activating group) is 1. The summed E-state index contributed by atoms with van der Waals surface area (Å²) in [6.45, 7) is 13.3. The topological polar surface area (TPSA) is 44.3 Å². The molecule has 1 atom stereocenters. The van der Waals surface area contributed by atoms with Gasteiger partial charge in [0, 0.05) is 31.7 Å². The molecular formula is C16H29N5. The minimum Gasteiger partial charge on any atom is -0.373 e. The van der Waals surface area contributed by atoms with E-state index in [1.807, 2.05) is 7.05 Å². The highest BCUT2D eigenvalue weighted by molar-refractivity contribution is 5.60. The van der Waals surface area contributed by atoms with Gasteiger partial charge < -0.3 is 10.2 Å². The molecule has 118 valence electrons. The van der Waals surface area contributed by atoms with Crippen LogP contribution in [0.2, 0.25) is 0 Å². The Balaban J connectivity index is 2.24. The molecule has 0 spiro atoms. The molecule has 5 nitrogen and oxygen atoms in total. The normalized spacial score (nSPS) is 18.8. The number of nitrogens with one attached hydrogen (secondary N) is 1. The van der Waals surface area contributed by atoms with Crippen LogP contribution >= 0.6 is 0 Å². The summed E-state index contributed by atoms with van der Waals surface area (Å²) in [6.07, 6.45) is 2.90. The second-order valence-electron chi connectivity index (χ2n) is 5.97. The van der Waals surface area contributed by atoms with Crippen LogP contribution in [0.1, 0.15) is 45.6 Å². The second-order valence-corrected chi connectivity index (χ2v) is 5.97. The SMILES string of the molecule is CCN(CC)C1CCN(c2ncnc(NC)c2C(C)C)C1. The highest BCUT2D eigenvalue weighted by atomic mass is 15.3. The molecule has 0 saturated carbocycles. The molecule has 1 saturated heterocycles. The first-order valence-electron chi connectivity index (χ1n) is 8.13. The molecule has 0 radical (unpaired) electrons. The summed E-state index contributed by atoms with van der Waals surface area (Å²) in [4.78, 5) is 14.0. The van der Waals surface area contributed by atoms with Crippen molar-refractivity contribution < 1.29 is 0 Å². The van der Waals surface area contributed by atoms with Gasteiger partial charge in [0.2, 0.25) is 0 Å². The molecule has 5 heteroatoms. The van der Waals surface area contributed by atoms with Crippen LogP contribution in [-0.2, 0) is 0 Å². The molecule has 1 N–H and O–H groups in total. The van der Waals surface area contributed by atoms with Crippen LogP contribution in [0.15, 0.2) is 6.33 Å². The largest absolute Gasteiger partial charge is 0.373 e. The molecule has 1 unspecified atom stereocenters. The van der Waals surface area contributed by atoms with Gasteiger partial charge in [0.1, 0.15) is 18.0 Å². The molecule has 21 heavy (non-hydrogen) atoms. The van der Waals surface area contributed by atoms with Gasteiger partial charge in [-0.05, 0) is 25.4 Å². The van der Waals surface area contributed by atoms with Gasteiger partial charge in [-0.2, -0.15) is 0 Å². The van der Waals surface area contributed by atoms with E-state index in [2.05, 4.69) is 52.8 Å². The van der Waals surface area contributed by atoms with Crippen LogP contribution in [0.4, 0.5) is 11.6 Å². The summed E-state index contributed by atoms with van der Waals surface area (Å²) in [6, 6.07) is 0.646. The molecule has 1 aliphatic rings. The van der Waals surface area contributed by atoms with Crippen LogP contribution in [0.3, 0.4) is 0 Å². The molecule has 0 bridgehead atoms. The molecule has 0 aliphatic carbocycles. The third-order valence-electron chi connectivity index (χ3n) is 4.47. The van der Waals surface area contributed by atoms with E-state index >= 15 is 0 Å². The zero-order valence-electron chi connectivity index (χ0n) is 14.1. The monoisotopic (exact) mass is 291 g/mol. The lowest BCUT2D eigenvalue weighted by molar-refractivity contribution is 0.232. The number of aromatic nitrogens is 2. The first-order valence-corrected chi connectivity index (χ1v) is 8.13. The third-order valence-corrected chi connectivity index (χ3v) is 4.47. The van der Waals surface area contributed by atoms with E-state index in [0.717, 1.165) is 37.8 Å². The Kier molecular flexibility index (Phi) is 5.39. The summed E-state index contributed by atoms with van der Waals surface area (Å²) in [5, 5.41) is 3.21. The fourth-order valence-corrected chi connectivity index (χ4v) is 3.34. The lowest BCUT2D eigenvalue weighted by Crippen LogP contribution is -2.37. The molecule has 1 fully saturated rings. The van der Waals surface area contributed by atoms with Crippen molar-refractivity contribution in [2.45, 2.75) is 46.1 Å². The summed E-state index contributed by atoms with van der Waals surface area (Å²) in [5.74, 6) is 2.48. The van der Waals surface area contributed by atoms with E-state index in [1.165, 1.54) is 12.0 Å². The number of hydrogen-bond acceptors (Lipinski definition) is 5. The Morgan fingerprint density at radius 3 is 2.62 bits per heavy atom. The van der Waals surface area contributed by atoms with Gasteiger partial charge in [-0.1, -0.05) is 27.7 Å². The fraction of sp³-hybridized carbons (Fsp3) is 0.750. The molecular weight excluding hydrogens is 262 g/mol. The van der Waals surface area contributed by atoms with Crippen molar-refractivity contribution in [1.82, 2.24) is 14.9 Å². The Hall–Kier alpha value is -1.36. The van der Waals surface area contributed by atoms with Crippen LogP contribution in [-0.4, -0.2) is 54.1 Å². The summed E-state index contributed by atoms with van der Waals surface area (Å²) >= 11 is 0. The van der Waals surface area contributed by atoms with Gasteiger partial charge in [0.15, 0.2) is 0 Å². The minimum atomic E-state index is 0.413. The quantitative estimate of drug-likeness (QED) is 0.872. The van der Waals surface area contributed by atoms with Crippen LogP contribution in [0.25, 0.3) is 0 Å². The van der Waals surface area contributed by atoms with Crippen molar-refractivity contribution in [2.24, 2.45) is 0 Å². The number of nitrogens with zero attached hydrogens (tertiary/aromatic N) is 4. The Bertz CT molecular complexity index is 456. The maximum absolute atomic E-state index is 4.59. The second kappa shape index (κ2) is 7.07. The van der Waals surface area contributed by atoms with E-state index in [-0.39, 0.29) is 0 Å². The zero-order valence-corrected chi connectivity index (χ0v) is 14.1.